The van der Waals surface area contributed by atoms with Gasteiger partial charge in [-0.05, 0) is 49.8 Å². The molecule has 0 aliphatic carbocycles. The van der Waals surface area contributed by atoms with Gasteiger partial charge in [0.1, 0.15) is 0 Å². The van der Waals surface area contributed by atoms with Crippen LogP contribution in [0.25, 0.3) is 0 Å². The van der Waals surface area contributed by atoms with Crippen molar-refractivity contribution in [2.75, 3.05) is 6.54 Å². The van der Waals surface area contributed by atoms with Gasteiger partial charge in [-0.2, -0.15) is 0 Å². The summed E-state index contributed by atoms with van der Waals surface area (Å²) in [5.41, 5.74) is 1.27. The Labute approximate surface area is 117 Å². The molecule has 0 radical (unpaired) electrons. The molecule has 0 amide bonds. The molecule has 0 aromatic heterocycles. The second-order valence-corrected chi connectivity index (χ2v) is 5.85. The Morgan fingerprint density at radius 1 is 1.17 bits per heavy atom. The normalized spacial score (nSPS) is 14.8. The largest absolute Gasteiger partial charge is 0.314 e. The van der Waals surface area contributed by atoms with E-state index in [1.807, 2.05) is 12.1 Å². The summed E-state index contributed by atoms with van der Waals surface area (Å²) in [7, 11) is 0. The second-order valence-electron chi connectivity index (χ2n) is 5.45. The zero-order chi connectivity index (χ0) is 13.5. The number of nitrogens with one attached hydrogen (secondary N) is 1. The van der Waals surface area contributed by atoms with Crippen molar-refractivity contribution < 1.29 is 0 Å². The van der Waals surface area contributed by atoms with Gasteiger partial charge in [0, 0.05) is 11.1 Å². The Kier molecular flexibility index (Phi) is 6.73. The molecule has 2 atom stereocenters. The topological polar surface area (TPSA) is 12.0 Å². The van der Waals surface area contributed by atoms with Gasteiger partial charge in [-0.25, -0.2) is 0 Å². The first-order valence-electron chi connectivity index (χ1n) is 7.03. The monoisotopic (exact) mass is 267 g/mol. The quantitative estimate of drug-likeness (QED) is 0.765. The lowest BCUT2D eigenvalue weighted by atomic mass is 9.84. The third kappa shape index (κ3) is 4.62. The van der Waals surface area contributed by atoms with Crippen molar-refractivity contribution in [1.29, 1.82) is 0 Å². The predicted molar refractivity (Wildman–Crippen MR) is 81.2 cm³/mol. The van der Waals surface area contributed by atoms with E-state index in [1.54, 1.807) is 0 Å². The van der Waals surface area contributed by atoms with Gasteiger partial charge < -0.3 is 5.32 Å². The first-order chi connectivity index (χ1) is 8.56. The smallest absolute Gasteiger partial charge is 0.0438 e. The van der Waals surface area contributed by atoms with Gasteiger partial charge in [0.25, 0.3) is 0 Å². The van der Waals surface area contributed by atoms with Crippen molar-refractivity contribution in [2.24, 2.45) is 11.8 Å². The van der Waals surface area contributed by atoms with Crippen LogP contribution in [0.15, 0.2) is 24.3 Å². The minimum Gasteiger partial charge on any atom is -0.314 e. The van der Waals surface area contributed by atoms with Crippen LogP contribution in [0, 0.1) is 11.8 Å². The van der Waals surface area contributed by atoms with E-state index < -0.39 is 0 Å². The maximum atomic E-state index is 6.26. The molecule has 1 nitrogen and oxygen atoms in total. The Hall–Kier alpha value is -0.530. The van der Waals surface area contributed by atoms with Crippen molar-refractivity contribution in [1.82, 2.24) is 5.32 Å². The molecule has 0 heterocycles. The zero-order valence-corrected chi connectivity index (χ0v) is 12.8. The minimum absolute atomic E-state index is 0.529. The maximum absolute atomic E-state index is 6.26. The Morgan fingerprint density at radius 2 is 1.83 bits per heavy atom. The lowest BCUT2D eigenvalue weighted by Crippen LogP contribution is -2.37. The summed E-state index contributed by atoms with van der Waals surface area (Å²) in [5, 5.41) is 4.50. The molecule has 0 saturated heterocycles. The first-order valence-corrected chi connectivity index (χ1v) is 7.40. The van der Waals surface area contributed by atoms with Gasteiger partial charge >= 0.3 is 0 Å². The molecule has 0 saturated carbocycles. The molecule has 0 bridgehead atoms. The van der Waals surface area contributed by atoms with E-state index in [1.165, 1.54) is 12.0 Å². The minimum atomic E-state index is 0.529. The van der Waals surface area contributed by atoms with E-state index in [2.05, 4.69) is 45.1 Å². The van der Waals surface area contributed by atoms with Crippen LogP contribution in [-0.2, 0) is 6.42 Å². The van der Waals surface area contributed by atoms with Gasteiger partial charge in [0.15, 0.2) is 0 Å². The van der Waals surface area contributed by atoms with Crippen LogP contribution in [0.3, 0.4) is 0 Å². The molecule has 1 rings (SSSR count). The van der Waals surface area contributed by atoms with E-state index in [0.29, 0.717) is 17.9 Å². The van der Waals surface area contributed by atoms with E-state index in [9.17, 15) is 0 Å². The van der Waals surface area contributed by atoms with Crippen LogP contribution < -0.4 is 5.32 Å². The molecule has 0 aliphatic heterocycles. The van der Waals surface area contributed by atoms with Gasteiger partial charge in [0.2, 0.25) is 0 Å². The molecule has 2 unspecified atom stereocenters. The fraction of sp³-hybridized carbons (Fsp3) is 0.625. The highest BCUT2D eigenvalue weighted by Crippen LogP contribution is 2.25. The number of hydrogen-bond acceptors (Lipinski definition) is 1. The molecule has 1 aromatic carbocycles. The summed E-state index contributed by atoms with van der Waals surface area (Å²) < 4.78 is 0. The van der Waals surface area contributed by atoms with Gasteiger partial charge in [0.05, 0.1) is 0 Å². The van der Waals surface area contributed by atoms with Gasteiger partial charge in [-0.1, -0.05) is 50.6 Å². The van der Waals surface area contributed by atoms with Crippen LogP contribution in [0.2, 0.25) is 5.02 Å². The lowest BCUT2D eigenvalue weighted by molar-refractivity contribution is 0.289. The molecule has 102 valence electrons. The maximum Gasteiger partial charge on any atom is 0.0438 e. The van der Waals surface area contributed by atoms with Crippen LogP contribution in [0.4, 0.5) is 0 Å². The number of rotatable bonds is 7. The molecule has 0 aliphatic rings. The molecule has 2 heteroatoms. The fourth-order valence-corrected chi connectivity index (χ4v) is 2.64. The average Bonchev–Trinajstić information content (AvgIpc) is 2.34. The van der Waals surface area contributed by atoms with Crippen LogP contribution >= 0.6 is 11.6 Å². The summed E-state index contributed by atoms with van der Waals surface area (Å²) in [5.74, 6) is 1.28. The van der Waals surface area contributed by atoms with Crippen LogP contribution in [-0.4, -0.2) is 12.6 Å². The first kappa shape index (κ1) is 15.5. The highest BCUT2D eigenvalue weighted by Gasteiger charge is 2.21. The molecule has 0 fully saturated rings. The molecule has 18 heavy (non-hydrogen) atoms. The van der Waals surface area contributed by atoms with Crippen LogP contribution in [0.1, 0.15) is 39.7 Å². The van der Waals surface area contributed by atoms with Crippen molar-refractivity contribution >= 4 is 11.6 Å². The van der Waals surface area contributed by atoms with Crippen molar-refractivity contribution in [2.45, 2.75) is 46.6 Å². The van der Waals surface area contributed by atoms with Gasteiger partial charge in [-0.15, -0.1) is 0 Å². The molecule has 1 aromatic rings. The highest BCUT2D eigenvalue weighted by molar-refractivity contribution is 6.31. The van der Waals surface area contributed by atoms with E-state index in [-0.39, 0.29) is 0 Å². The number of hydrogen-bond donors (Lipinski definition) is 1. The average molecular weight is 268 g/mol. The molecular formula is C16H26ClN. The summed E-state index contributed by atoms with van der Waals surface area (Å²) in [4.78, 5) is 0. The Balaban J connectivity index is 2.71. The zero-order valence-electron chi connectivity index (χ0n) is 12.0. The predicted octanol–water partition coefficient (Wildman–Crippen LogP) is 4.54. The Bertz CT molecular complexity index is 349. The van der Waals surface area contributed by atoms with Crippen molar-refractivity contribution in [3.8, 4) is 0 Å². The number of halogens is 1. The molecular weight excluding hydrogens is 242 g/mol. The highest BCUT2D eigenvalue weighted by atomic mass is 35.5. The SMILES string of the molecule is CCCNC(C)C(Cc1ccccc1Cl)C(C)C. The molecule has 0 spiro atoms. The lowest BCUT2D eigenvalue weighted by Gasteiger charge is -2.29. The van der Waals surface area contributed by atoms with E-state index >= 15 is 0 Å². The summed E-state index contributed by atoms with van der Waals surface area (Å²) in [6, 6.07) is 8.72. The fourth-order valence-electron chi connectivity index (χ4n) is 2.43. The summed E-state index contributed by atoms with van der Waals surface area (Å²) in [6.45, 7) is 10.2. The summed E-state index contributed by atoms with van der Waals surface area (Å²) >= 11 is 6.26. The Morgan fingerprint density at radius 3 is 2.39 bits per heavy atom. The van der Waals surface area contributed by atoms with Crippen molar-refractivity contribution in [3.63, 3.8) is 0 Å². The third-order valence-electron chi connectivity index (χ3n) is 3.63. The van der Waals surface area contributed by atoms with E-state index in [4.69, 9.17) is 11.6 Å². The van der Waals surface area contributed by atoms with E-state index in [0.717, 1.165) is 18.0 Å². The van der Waals surface area contributed by atoms with Crippen LogP contribution in [0.5, 0.6) is 0 Å². The van der Waals surface area contributed by atoms with Crippen molar-refractivity contribution in [3.05, 3.63) is 34.9 Å². The molecule has 1 N–H and O–H groups in total. The standard InChI is InChI=1S/C16H26ClN/c1-5-10-18-13(4)15(12(2)3)11-14-8-6-7-9-16(14)17/h6-9,12-13,15,18H,5,10-11H2,1-4H3. The number of benzene rings is 1. The second kappa shape index (κ2) is 7.81. The van der Waals surface area contributed by atoms with Gasteiger partial charge in [-0.3, -0.25) is 0 Å². The third-order valence-corrected chi connectivity index (χ3v) is 4.00. The summed E-state index contributed by atoms with van der Waals surface area (Å²) in [6.07, 6.45) is 2.23.